The number of ether oxygens (including phenoxy) is 1. The van der Waals surface area contributed by atoms with Crippen LogP contribution in [-0.2, 0) is 16.6 Å². The minimum Gasteiger partial charge on any atom is -0.467 e. The van der Waals surface area contributed by atoms with Crippen LogP contribution in [0.25, 0.3) is 0 Å². The van der Waals surface area contributed by atoms with Crippen LogP contribution in [0.5, 0.6) is 0 Å². The lowest BCUT2D eigenvalue weighted by Gasteiger charge is -2.15. The van der Waals surface area contributed by atoms with Crippen molar-refractivity contribution < 1.29 is 19.4 Å². The van der Waals surface area contributed by atoms with E-state index in [4.69, 9.17) is 5.11 Å². The Labute approximate surface area is 115 Å². The van der Waals surface area contributed by atoms with Crippen molar-refractivity contribution in [3.63, 3.8) is 0 Å². The Balaban J connectivity index is 3.16. The lowest BCUT2D eigenvalue weighted by Crippen LogP contribution is -2.46. The lowest BCUT2D eigenvalue weighted by molar-refractivity contribution is -0.143. The summed E-state index contributed by atoms with van der Waals surface area (Å²) >= 11 is 0. The summed E-state index contributed by atoms with van der Waals surface area (Å²) < 4.78 is 5.48. The van der Waals surface area contributed by atoms with E-state index in [9.17, 15) is 14.4 Å². The van der Waals surface area contributed by atoms with Gasteiger partial charge in [0.15, 0.2) is 6.04 Å². The normalized spacial score (nSPS) is 11.8. The molecule has 0 saturated heterocycles. The van der Waals surface area contributed by atoms with Gasteiger partial charge in [0.2, 0.25) is 0 Å². The largest absolute Gasteiger partial charge is 0.467 e. The first-order valence-corrected chi connectivity index (χ1v) is 5.87. The Morgan fingerprint density at radius 1 is 1.45 bits per heavy atom. The molecule has 1 rings (SSSR count). The topological polar surface area (TPSA) is 111 Å². The molecule has 1 heterocycles. The number of hydrogen-bond acceptors (Lipinski definition) is 6. The Bertz CT molecular complexity index is 593. The summed E-state index contributed by atoms with van der Waals surface area (Å²) in [6, 6.07) is -1.22. The number of amides is 1. The third kappa shape index (κ3) is 3.02. The highest BCUT2D eigenvalue weighted by molar-refractivity contribution is 5.97. The summed E-state index contributed by atoms with van der Waals surface area (Å²) in [6.07, 6.45) is 0. The number of aliphatic hydroxyl groups excluding tert-OH is 1. The van der Waals surface area contributed by atoms with Gasteiger partial charge in [-0.1, -0.05) is 0 Å². The summed E-state index contributed by atoms with van der Waals surface area (Å²) in [5.74, 6) is -1.54. The number of nitrogens with zero attached hydrogens (tertiary/aromatic N) is 2. The average Bonchev–Trinajstić information content (AvgIpc) is 2.42. The van der Waals surface area contributed by atoms with E-state index in [1.54, 1.807) is 13.8 Å². The van der Waals surface area contributed by atoms with Gasteiger partial charge in [-0.15, -0.1) is 0 Å². The molecule has 0 aliphatic carbocycles. The third-order valence-corrected chi connectivity index (χ3v) is 2.93. The van der Waals surface area contributed by atoms with Crippen LogP contribution in [0.3, 0.4) is 0 Å². The average molecular weight is 283 g/mol. The van der Waals surface area contributed by atoms with Crippen molar-refractivity contribution in [3.05, 3.63) is 27.2 Å². The molecule has 2 N–H and O–H groups in total. The predicted octanol–water partition coefficient (Wildman–Crippen LogP) is -1.34. The van der Waals surface area contributed by atoms with Gasteiger partial charge in [-0.2, -0.15) is 5.10 Å². The molecule has 0 fully saturated rings. The quantitative estimate of drug-likeness (QED) is 0.662. The summed E-state index contributed by atoms with van der Waals surface area (Å²) in [5.41, 5.74) is 0.262. The highest BCUT2D eigenvalue weighted by atomic mass is 16.5. The Morgan fingerprint density at radius 2 is 2.05 bits per heavy atom. The summed E-state index contributed by atoms with van der Waals surface area (Å²) in [5, 5.41) is 15.3. The summed E-state index contributed by atoms with van der Waals surface area (Å²) in [4.78, 5) is 35.4. The maximum absolute atomic E-state index is 12.1. The molecule has 1 amide bonds. The van der Waals surface area contributed by atoms with Crippen molar-refractivity contribution in [2.24, 2.45) is 7.05 Å². The van der Waals surface area contributed by atoms with Gasteiger partial charge in [-0.3, -0.25) is 9.59 Å². The first-order valence-electron chi connectivity index (χ1n) is 5.87. The van der Waals surface area contributed by atoms with E-state index in [-0.39, 0.29) is 5.56 Å². The zero-order chi connectivity index (χ0) is 15.4. The van der Waals surface area contributed by atoms with Crippen LogP contribution in [0, 0.1) is 13.8 Å². The molecule has 0 aromatic carbocycles. The monoisotopic (exact) mass is 283 g/mol. The first kappa shape index (κ1) is 15.8. The van der Waals surface area contributed by atoms with Gasteiger partial charge in [-0.05, 0) is 19.4 Å². The molecule has 1 aromatic rings. The molecule has 20 heavy (non-hydrogen) atoms. The molecular formula is C12H17N3O5. The summed E-state index contributed by atoms with van der Waals surface area (Å²) in [7, 11) is 2.56. The molecule has 110 valence electrons. The van der Waals surface area contributed by atoms with Gasteiger partial charge in [0.05, 0.1) is 19.4 Å². The molecule has 8 heteroatoms. The van der Waals surface area contributed by atoms with Crippen molar-refractivity contribution in [1.82, 2.24) is 15.1 Å². The summed E-state index contributed by atoms with van der Waals surface area (Å²) in [6.45, 7) is 2.63. The van der Waals surface area contributed by atoms with Crippen LogP contribution in [0.1, 0.15) is 21.6 Å². The number of esters is 1. The second-order valence-corrected chi connectivity index (χ2v) is 4.25. The van der Waals surface area contributed by atoms with Gasteiger partial charge in [0, 0.05) is 7.05 Å². The Hall–Kier alpha value is -2.22. The highest BCUT2D eigenvalue weighted by Gasteiger charge is 2.24. The van der Waals surface area contributed by atoms with Crippen molar-refractivity contribution in [1.29, 1.82) is 0 Å². The zero-order valence-corrected chi connectivity index (χ0v) is 11.8. The number of methoxy groups -OCH3 is 1. The third-order valence-electron chi connectivity index (χ3n) is 2.93. The zero-order valence-electron chi connectivity index (χ0n) is 11.8. The van der Waals surface area contributed by atoms with Crippen molar-refractivity contribution in [3.8, 4) is 0 Å². The molecule has 0 bridgehead atoms. The van der Waals surface area contributed by atoms with Crippen LogP contribution >= 0.6 is 0 Å². The molecule has 0 aliphatic rings. The van der Waals surface area contributed by atoms with Crippen LogP contribution in [0.4, 0.5) is 0 Å². The van der Waals surface area contributed by atoms with Gasteiger partial charge < -0.3 is 15.2 Å². The van der Waals surface area contributed by atoms with Gasteiger partial charge in [0.1, 0.15) is 5.56 Å². The fourth-order valence-electron chi connectivity index (χ4n) is 1.67. The maximum atomic E-state index is 12.1. The number of aryl methyl sites for hydroxylation is 2. The Kier molecular flexibility index (Phi) is 4.98. The molecule has 0 aliphatic heterocycles. The van der Waals surface area contributed by atoms with Crippen molar-refractivity contribution in [2.45, 2.75) is 19.9 Å². The first-order chi connectivity index (χ1) is 9.33. The van der Waals surface area contributed by atoms with Crippen molar-refractivity contribution >= 4 is 11.9 Å². The highest BCUT2D eigenvalue weighted by Crippen LogP contribution is 2.06. The number of aromatic nitrogens is 2. The van der Waals surface area contributed by atoms with E-state index < -0.39 is 30.1 Å². The second kappa shape index (κ2) is 6.29. The SMILES string of the molecule is COC(=O)C(CO)NC(=O)c1c(C)c(C)nn(C)c1=O. The van der Waals surface area contributed by atoms with Crippen LogP contribution in [0.15, 0.2) is 4.79 Å². The number of hydrogen-bond donors (Lipinski definition) is 2. The molecule has 0 saturated carbocycles. The fourth-order valence-corrected chi connectivity index (χ4v) is 1.67. The number of carbonyl (C=O) groups excluding carboxylic acids is 2. The van der Waals surface area contributed by atoms with E-state index >= 15 is 0 Å². The molecule has 0 radical (unpaired) electrons. The molecule has 1 aromatic heterocycles. The van der Waals surface area contributed by atoms with E-state index in [1.165, 1.54) is 7.05 Å². The fraction of sp³-hybridized carbons (Fsp3) is 0.500. The van der Waals surface area contributed by atoms with Crippen LogP contribution in [0.2, 0.25) is 0 Å². The smallest absolute Gasteiger partial charge is 0.330 e. The standard InChI is InChI=1S/C12H17N3O5/c1-6-7(2)14-15(3)11(18)9(6)10(17)13-8(5-16)12(19)20-4/h8,16H,5H2,1-4H3,(H,13,17). The molecule has 0 spiro atoms. The molecular weight excluding hydrogens is 266 g/mol. The number of rotatable bonds is 4. The number of aliphatic hydroxyl groups is 1. The Morgan fingerprint density at radius 3 is 2.55 bits per heavy atom. The number of nitrogens with one attached hydrogen (secondary N) is 1. The van der Waals surface area contributed by atoms with E-state index in [1.807, 2.05) is 0 Å². The minimum atomic E-state index is -1.22. The molecule has 1 unspecified atom stereocenters. The van der Waals surface area contributed by atoms with E-state index in [0.29, 0.717) is 11.3 Å². The van der Waals surface area contributed by atoms with Gasteiger partial charge in [-0.25, -0.2) is 9.48 Å². The van der Waals surface area contributed by atoms with Crippen molar-refractivity contribution in [2.75, 3.05) is 13.7 Å². The lowest BCUT2D eigenvalue weighted by atomic mass is 10.1. The predicted molar refractivity (Wildman–Crippen MR) is 69.3 cm³/mol. The van der Waals surface area contributed by atoms with E-state index in [0.717, 1.165) is 11.8 Å². The molecule has 8 nitrogen and oxygen atoms in total. The van der Waals surface area contributed by atoms with Crippen LogP contribution < -0.4 is 10.9 Å². The van der Waals surface area contributed by atoms with Gasteiger partial charge in [0.25, 0.3) is 11.5 Å². The maximum Gasteiger partial charge on any atom is 0.330 e. The van der Waals surface area contributed by atoms with Crippen LogP contribution in [-0.4, -0.2) is 46.5 Å². The number of carbonyl (C=O) groups is 2. The second-order valence-electron chi connectivity index (χ2n) is 4.25. The van der Waals surface area contributed by atoms with E-state index in [2.05, 4.69) is 15.2 Å². The van der Waals surface area contributed by atoms with Gasteiger partial charge >= 0.3 is 5.97 Å². The molecule has 1 atom stereocenters. The minimum absolute atomic E-state index is 0.109.